The molecule has 1 aromatic carbocycles. The highest BCUT2D eigenvalue weighted by Gasteiger charge is 2.09. The third-order valence-corrected chi connectivity index (χ3v) is 3.47. The van der Waals surface area contributed by atoms with Gasteiger partial charge in [-0.05, 0) is 36.8 Å². The summed E-state index contributed by atoms with van der Waals surface area (Å²) in [6.07, 6.45) is 1.06. The Hall–Kier alpha value is -0.810. The van der Waals surface area contributed by atoms with E-state index in [4.69, 9.17) is 17.0 Å². The van der Waals surface area contributed by atoms with Crippen LogP contribution in [0.3, 0.4) is 0 Å². The number of methoxy groups -OCH3 is 1. The van der Waals surface area contributed by atoms with E-state index < -0.39 is 0 Å². The summed E-state index contributed by atoms with van der Waals surface area (Å²) in [5.41, 5.74) is 1.11. The van der Waals surface area contributed by atoms with Gasteiger partial charge in [-0.3, -0.25) is 0 Å². The van der Waals surface area contributed by atoms with Crippen LogP contribution in [0.25, 0.3) is 0 Å². The zero-order valence-corrected chi connectivity index (χ0v) is 13.4. The Balaban J connectivity index is 2.71. The number of benzene rings is 1. The lowest BCUT2D eigenvalue weighted by Gasteiger charge is -2.22. The molecule has 0 spiro atoms. The average Bonchev–Trinajstić information content (AvgIpc) is 2.36. The van der Waals surface area contributed by atoms with E-state index >= 15 is 0 Å². The van der Waals surface area contributed by atoms with Crippen LogP contribution in [-0.2, 0) is 6.54 Å². The molecular weight excluding hydrogens is 312 g/mol. The van der Waals surface area contributed by atoms with E-state index in [1.807, 2.05) is 24.1 Å². The Morgan fingerprint density at radius 2 is 2.22 bits per heavy atom. The maximum absolute atomic E-state index is 5.35. The van der Waals surface area contributed by atoms with Gasteiger partial charge < -0.3 is 15.0 Å². The third-order valence-electron chi connectivity index (χ3n) is 2.52. The molecule has 18 heavy (non-hydrogen) atoms. The van der Waals surface area contributed by atoms with Gasteiger partial charge in [-0.2, -0.15) is 0 Å². The fraction of sp³-hybridized carbons (Fsp3) is 0.462. The van der Waals surface area contributed by atoms with Crippen LogP contribution in [0, 0.1) is 0 Å². The number of hydrogen-bond donors (Lipinski definition) is 1. The summed E-state index contributed by atoms with van der Waals surface area (Å²) in [5.74, 6) is 0.878. The van der Waals surface area contributed by atoms with Crippen molar-refractivity contribution in [3.8, 4) is 5.75 Å². The van der Waals surface area contributed by atoms with Gasteiger partial charge in [0.2, 0.25) is 0 Å². The Morgan fingerprint density at radius 1 is 1.50 bits per heavy atom. The maximum Gasteiger partial charge on any atom is 0.168 e. The first-order valence-electron chi connectivity index (χ1n) is 5.89. The molecule has 100 valence electrons. The van der Waals surface area contributed by atoms with Crippen molar-refractivity contribution in [3.63, 3.8) is 0 Å². The van der Waals surface area contributed by atoms with Crippen LogP contribution in [0.1, 0.15) is 18.9 Å². The molecule has 1 aromatic rings. The Bertz CT molecular complexity index is 412. The molecule has 1 rings (SSSR count). The Morgan fingerprint density at radius 3 is 2.83 bits per heavy atom. The van der Waals surface area contributed by atoms with Gasteiger partial charge in [0.25, 0.3) is 0 Å². The van der Waals surface area contributed by atoms with Gasteiger partial charge in [0.15, 0.2) is 5.11 Å². The minimum atomic E-state index is 0.720. The second-order valence-corrected chi connectivity index (χ2v) is 5.35. The van der Waals surface area contributed by atoms with Gasteiger partial charge in [0.05, 0.1) is 7.11 Å². The van der Waals surface area contributed by atoms with Crippen molar-refractivity contribution in [3.05, 3.63) is 28.2 Å². The first-order chi connectivity index (χ1) is 8.58. The lowest BCUT2D eigenvalue weighted by molar-refractivity contribution is 0.397. The smallest absolute Gasteiger partial charge is 0.168 e. The summed E-state index contributed by atoms with van der Waals surface area (Å²) in [6.45, 7) is 3.74. The molecule has 0 aliphatic rings. The van der Waals surface area contributed by atoms with Crippen LogP contribution in [0.4, 0.5) is 0 Å². The van der Waals surface area contributed by atoms with Gasteiger partial charge in [0, 0.05) is 30.2 Å². The molecule has 0 heterocycles. The second-order valence-electron chi connectivity index (χ2n) is 4.04. The third kappa shape index (κ3) is 4.46. The van der Waals surface area contributed by atoms with Gasteiger partial charge in [-0.1, -0.05) is 22.9 Å². The molecule has 3 nitrogen and oxygen atoms in total. The molecule has 0 saturated heterocycles. The molecule has 1 N–H and O–H groups in total. The zero-order valence-electron chi connectivity index (χ0n) is 11.0. The number of hydrogen-bond acceptors (Lipinski definition) is 2. The minimum absolute atomic E-state index is 0.720. The maximum atomic E-state index is 5.35. The molecule has 0 atom stereocenters. The van der Waals surface area contributed by atoms with E-state index in [2.05, 4.69) is 34.2 Å². The summed E-state index contributed by atoms with van der Waals surface area (Å²) in [4.78, 5) is 2.01. The summed E-state index contributed by atoms with van der Waals surface area (Å²) in [5, 5.41) is 3.97. The Kier molecular flexibility index (Phi) is 6.43. The van der Waals surface area contributed by atoms with E-state index in [0.29, 0.717) is 0 Å². The summed E-state index contributed by atoms with van der Waals surface area (Å²) >= 11 is 8.79. The predicted molar refractivity (Wildman–Crippen MR) is 83.1 cm³/mol. The summed E-state index contributed by atoms with van der Waals surface area (Å²) < 4.78 is 6.39. The quantitative estimate of drug-likeness (QED) is 0.838. The summed E-state index contributed by atoms with van der Waals surface area (Å²) in [6, 6.07) is 5.98. The molecule has 5 heteroatoms. The highest BCUT2D eigenvalue weighted by molar-refractivity contribution is 9.10. The van der Waals surface area contributed by atoms with Crippen LogP contribution in [0.15, 0.2) is 22.7 Å². The van der Waals surface area contributed by atoms with Crippen LogP contribution < -0.4 is 10.1 Å². The van der Waals surface area contributed by atoms with Gasteiger partial charge in [-0.25, -0.2) is 0 Å². The Labute approximate surface area is 123 Å². The number of nitrogens with zero attached hydrogens (tertiary/aromatic N) is 1. The first-order valence-corrected chi connectivity index (χ1v) is 7.10. The normalized spacial score (nSPS) is 10.0. The lowest BCUT2D eigenvalue weighted by atomic mass is 10.2. The largest absolute Gasteiger partial charge is 0.496 e. The fourth-order valence-electron chi connectivity index (χ4n) is 1.56. The van der Waals surface area contributed by atoms with Gasteiger partial charge >= 0.3 is 0 Å². The molecule has 0 aromatic heterocycles. The molecule has 0 aliphatic heterocycles. The molecule has 0 unspecified atom stereocenters. The van der Waals surface area contributed by atoms with Crippen molar-refractivity contribution in [2.75, 3.05) is 20.7 Å². The van der Waals surface area contributed by atoms with Crippen molar-refractivity contribution in [2.45, 2.75) is 19.9 Å². The van der Waals surface area contributed by atoms with E-state index in [9.17, 15) is 0 Å². The number of thiocarbonyl (C=S) groups is 1. The first kappa shape index (κ1) is 15.2. The number of nitrogens with one attached hydrogen (secondary N) is 1. The molecule has 0 radical (unpaired) electrons. The average molecular weight is 331 g/mol. The van der Waals surface area contributed by atoms with Crippen molar-refractivity contribution in [1.82, 2.24) is 10.2 Å². The molecule has 0 aliphatic carbocycles. The van der Waals surface area contributed by atoms with Crippen molar-refractivity contribution >= 4 is 33.3 Å². The standard InChI is InChI=1S/C13H19BrN2OS/c1-4-7-15-13(18)16(2)9-10-8-11(14)5-6-12(10)17-3/h5-6,8H,4,7,9H2,1-3H3,(H,15,18). The van der Waals surface area contributed by atoms with E-state index in [1.165, 1.54) is 0 Å². The second kappa shape index (κ2) is 7.59. The minimum Gasteiger partial charge on any atom is -0.496 e. The molecule has 0 saturated carbocycles. The van der Waals surface area contributed by atoms with E-state index in [0.717, 1.165) is 40.4 Å². The highest BCUT2D eigenvalue weighted by Crippen LogP contribution is 2.24. The van der Waals surface area contributed by atoms with Crippen LogP contribution in [0.2, 0.25) is 0 Å². The van der Waals surface area contributed by atoms with Crippen LogP contribution in [0.5, 0.6) is 5.75 Å². The molecule has 0 fully saturated rings. The van der Waals surface area contributed by atoms with Crippen molar-refractivity contribution in [1.29, 1.82) is 0 Å². The van der Waals surface area contributed by atoms with Crippen molar-refractivity contribution < 1.29 is 4.74 Å². The number of rotatable bonds is 5. The molecular formula is C13H19BrN2OS. The fourth-order valence-corrected chi connectivity index (χ4v) is 2.14. The zero-order chi connectivity index (χ0) is 13.5. The topological polar surface area (TPSA) is 24.5 Å². The van der Waals surface area contributed by atoms with E-state index in [-0.39, 0.29) is 0 Å². The van der Waals surface area contributed by atoms with Gasteiger partial charge in [-0.15, -0.1) is 0 Å². The van der Waals surface area contributed by atoms with Gasteiger partial charge in [0.1, 0.15) is 5.75 Å². The van der Waals surface area contributed by atoms with Crippen LogP contribution in [-0.4, -0.2) is 30.7 Å². The number of ether oxygens (including phenoxy) is 1. The number of halogens is 1. The molecule has 0 amide bonds. The SMILES string of the molecule is CCCNC(=S)N(C)Cc1cc(Br)ccc1OC. The highest BCUT2D eigenvalue weighted by atomic mass is 79.9. The molecule has 0 bridgehead atoms. The van der Waals surface area contributed by atoms with E-state index in [1.54, 1.807) is 7.11 Å². The monoisotopic (exact) mass is 330 g/mol. The lowest BCUT2D eigenvalue weighted by Crippen LogP contribution is -2.36. The van der Waals surface area contributed by atoms with Crippen LogP contribution >= 0.6 is 28.1 Å². The van der Waals surface area contributed by atoms with Crippen molar-refractivity contribution in [2.24, 2.45) is 0 Å². The predicted octanol–water partition coefficient (Wildman–Crippen LogP) is 3.17. The summed E-state index contributed by atoms with van der Waals surface area (Å²) in [7, 11) is 3.66.